The van der Waals surface area contributed by atoms with Crippen LogP contribution in [0.5, 0.6) is 0 Å². The normalized spacial score (nSPS) is 38.8. The van der Waals surface area contributed by atoms with Crippen molar-refractivity contribution in [3.8, 4) is 0 Å². The van der Waals surface area contributed by atoms with Gasteiger partial charge in [-0.25, -0.2) is 0 Å². The monoisotopic (exact) mass is 250 g/mol. The summed E-state index contributed by atoms with van der Waals surface area (Å²) in [7, 11) is 0. The summed E-state index contributed by atoms with van der Waals surface area (Å²) >= 11 is 0. The van der Waals surface area contributed by atoms with E-state index in [1.165, 1.54) is 25.7 Å². The van der Waals surface area contributed by atoms with Gasteiger partial charge in [0, 0.05) is 18.1 Å². The van der Waals surface area contributed by atoms with Crippen LogP contribution in [0, 0.1) is 5.92 Å². The first-order chi connectivity index (χ1) is 8.58. The first-order valence-corrected chi connectivity index (χ1v) is 7.65. The molecule has 1 amide bonds. The maximum Gasteiger partial charge on any atom is 0.240 e. The first-order valence-electron chi connectivity index (χ1n) is 7.65. The lowest BCUT2D eigenvalue weighted by Gasteiger charge is -2.33. The highest BCUT2D eigenvalue weighted by Crippen LogP contribution is 2.36. The summed E-state index contributed by atoms with van der Waals surface area (Å²) in [6, 6.07) is 0.730. The minimum Gasteiger partial charge on any atom is -0.336 e. The lowest BCUT2D eigenvalue weighted by molar-refractivity contribution is -0.136. The number of hydrogen-bond acceptors (Lipinski definition) is 2. The Morgan fingerprint density at radius 2 is 2.00 bits per heavy atom. The molecule has 2 saturated heterocycles. The molecule has 2 heterocycles. The van der Waals surface area contributed by atoms with Crippen LogP contribution in [0.3, 0.4) is 0 Å². The van der Waals surface area contributed by atoms with Gasteiger partial charge in [-0.15, -0.1) is 0 Å². The third-order valence-corrected chi connectivity index (χ3v) is 5.33. The van der Waals surface area contributed by atoms with Gasteiger partial charge in [-0.2, -0.15) is 0 Å². The maximum absolute atomic E-state index is 12.7. The van der Waals surface area contributed by atoms with Crippen molar-refractivity contribution in [3.05, 3.63) is 0 Å². The molecule has 1 N–H and O–H groups in total. The second kappa shape index (κ2) is 4.52. The van der Waals surface area contributed by atoms with E-state index in [1.54, 1.807) is 0 Å². The van der Waals surface area contributed by atoms with E-state index in [9.17, 15) is 4.79 Å². The van der Waals surface area contributed by atoms with Crippen LogP contribution in [0.2, 0.25) is 0 Å². The Morgan fingerprint density at radius 1 is 1.22 bits per heavy atom. The van der Waals surface area contributed by atoms with Crippen LogP contribution in [0.15, 0.2) is 0 Å². The average Bonchev–Trinajstić information content (AvgIpc) is 2.90. The van der Waals surface area contributed by atoms with Crippen molar-refractivity contribution in [1.29, 1.82) is 0 Å². The zero-order valence-electron chi connectivity index (χ0n) is 11.7. The van der Waals surface area contributed by atoms with E-state index in [4.69, 9.17) is 0 Å². The molecule has 1 saturated carbocycles. The van der Waals surface area contributed by atoms with Crippen molar-refractivity contribution in [2.24, 2.45) is 5.92 Å². The van der Waals surface area contributed by atoms with E-state index in [0.717, 1.165) is 31.7 Å². The van der Waals surface area contributed by atoms with Crippen LogP contribution in [0.4, 0.5) is 0 Å². The number of hydrogen-bond donors (Lipinski definition) is 1. The summed E-state index contributed by atoms with van der Waals surface area (Å²) in [6.45, 7) is 5.37. The highest BCUT2D eigenvalue weighted by atomic mass is 16.2. The molecule has 2 aliphatic heterocycles. The molecule has 102 valence electrons. The molecule has 0 radical (unpaired) electrons. The van der Waals surface area contributed by atoms with Crippen LogP contribution in [0.1, 0.15) is 58.8 Å². The number of nitrogens with zero attached hydrogens (tertiary/aromatic N) is 1. The van der Waals surface area contributed by atoms with Gasteiger partial charge in [0.05, 0.1) is 6.04 Å². The summed E-state index contributed by atoms with van der Waals surface area (Å²) in [5, 5.41) is 3.62. The number of rotatable bonds is 1. The molecular weight excluding hydrogens is 224 g/mol. The van der Waals surface area contributed by atoms with Crippen molar-refractivity contribution in [3.63, 3.8) is 0 Å². The van der Waals surface area contributed by atoms with Gasteiger partial charge in [0.1, 0.15) is 0 Å². The van der Waals surface area contributed by atoms with Gasteiger partial charge < -0.3 is 10.2 Å². The fourth-order valence-electron chi connectivity index (χ4n) is 4.21. The van der Waals surface area contributed by atoms with E-state index in [-0.39, 0.29) is 11.6 Å². The van der Waals surface area contributed by atoms with Crippen LogP contribution in [0.25, 0.3) is 0 Å². The summed E-state index contributed by atoms with van der Waals surface area (Å²) in [6.07, 6.45) is 8.69. The highest BCUT2D eigenvalue weighted by molar-refractivity contribution is 5.83. The van der Waals surface area contributed by atoms with Crippen molar-refractivity contribution >= 4 is 5.91 Å². The number of carbonyl (C=O) groups is 1. The number of fused-ring (bicyclic) bond motifs is 1. The van der Waals surface area contributed by atoms with Crippen molar-refractivity contribution in [2.45, 2.75) is 76.4 Å². The number of likely N-dealkylation sites (tertiary alicyclic amines) is 1. The molecule has 3 heteroatoms. The van der Waals surface area contributed by atoms with Gasteiger partial charge in [-0.1, -0.05) is 12.8 Å². The zero-order valence-corrected chi connectivity index (χ0v) is 11.7. The Kier molecular flexibility index (Phi) is 3.13. The fraction of sp³-hybridized carbons (Fsp3) is 0.933. The van der Waals surface area contributed by atoms with Gasteiger partial charge >= 0.3 is 0 Å². The molecule has 0 aromatic carbocycles. The predicted molar refractivity (Wildman–Crippen MR) is 72.3 cm³/mol. The fourth-order valence-corrected chi connectivity index (χ4v) is 4.21. The molecule has 3 atom stereocenters. The van der Waals surface area contributed by atoms with E-state index in [2.05, 4.69) is 24.1 Å². The van der Waals surface area contributed by atoms with Crippen LogP contribution in [-0.2, 0) is 4.79 Å². The van der Waals surface area contributed by atoms with Crippen molar-refractivity contribution in [1.82, 2.24) is 10.2 Å². The van der Waals surface area contributed by atoms with Gasteiger partial charge in [0.25, 0.3) is 0 Å². The minimum absolute atomic E-state index is 0.0759. The Morgan fingerprint density at radius 3 is 2.67 bits per heavy atom. The van der Waals surface area contributed by atoms with E-state index in [1.807, 2.05) is 0 Å². The Labute approximate surface area is 110 Å². The number of nitrogens with one attached hydrogen (secondary N) is 1. The molecule has 0 bridgehead atoms. The minimum atomic E-state index is 0.0759. The Balaban J connectivity index is 1.67. The largest absolute Gasteiger partial charge is 0.336 e. The van der Waals surface area contributed by atoms with Gasteiger partial charge in [-0.3, -0.25) is 4.79 Å². The molecule has 18 heavy (non-hydrogen) atoms. The molecule has 3 aliphatic rings. The standard InChI is InChI=1S/C15H26N2O/c1-15(2)8-5-9-17(15)14(18)13-10-11-6-3-4-7-12(11)16-13/h11-13,16H,3-10H2,1-2H3. The molecule has 3 nitrogen and oxygen atoms in total. The molecule has 0 spiro atoms. The molecule has 0 aromatic rings. The molecule has 0 aromatic heterocycles. The number of carbonyl (C=O) groups excluding carboxylic acids is 1. The van der Waals surface area contributed by atoms with Crippen molar-refractivity contribution < 1.29 is 4.79 Å². The lowest BCUT2D eigenvalue weighted by Crippen LogP contribution is -2.50. The summed E-state index contributed by atoms with van der Waals surface area (Å²) in [4.78, 5) is 14.8. The van der Waals surface area contributed by atoms with E-state index < -0.39 is 0 Å². The third kappa shape index (κ3) is 2.07. The van der Waals surface area contributed by atoms with Gasteiger partial charge in [0.15, 0.2) is 0 Å². The smallest absolute Gasteiger partial charge is 0.240 e. The van der Waals surface area contributed by atoms with Gasteiger partial charge in [0.2, 0.25) is 5.91 Å². The van der Waals surface area contributed by atoms with Crippen LogP contribution in [-0.4, -0.2) is 35.0 Å². The molecule has 3 unspecified atom stereocenters. The van der Waals surface area contributed by atoms with Gasteiger partial charge in [-0.05, 0) is 51.9 Å². The average molecular weight is 250 g/mol. The summed E-state index contributed by atoms with van der Waals surface area (Å²) in [5.74, 6) is 1.13. The van der Waals surface area contributed by atoms with E-state index in [0.29, 0.717) is 11.9 Å². The Hall–Kier alpha value is -0.570. The third-order valence-electron chi connectivity index (χ3n) is 5.33. The highest BCUT2D eigenvalue weighted by Gasteiger charge is 2.43. The molecule has 3 fully saturated rings. The molecular formula is C15H26N2O. The summed E-state index contributed by atoms with van der Waals surface area (Å²) in [5.41, 5.74) is 0.0759. The second-order valence-corrected chi connectivity index (χ2v) is 7.01. The van der Waals surface area contributed by atoms with Crippen LogP contribution >= 0.6 is 0 Å². The molecule has 3 rings (SSSR count). The first kappa shape index (κ1) is 12.5. The van der Waals surface area contributed by atoms with E-state index >= 15 is 0 Å². The topological polar surface area (TPSA) is 32.3 Å². The van der Waals surface area contributed by atoms with Crippen molar-refractivity contribution in [2.75, 3.05) is 6.54 Å². The predicted octanol–water partition coefficient (Wildman–Crippen LogP) is 2.31. The van der Waals surface area contributed by atoms with Crippen LogP contribution < -0.4 is 5.32 Å². The zero-order chi connectivity index (χ0) is 12.8. The maximum atomic E-state index is 12.7. The second-order valence-electron chi connectivity index (χ2n) is 7.01. The Bertz CT molecular complexity index is 325. The summed E-state index contributed by atoms with van der Waals surface area (Å²) < 4.78 is 0. The number of amides is 1. The lowest BCUT2D eigenvalue weighted by atomic mass is 9.85. The SMILES string of the molecule is CC1(C)CCCN1C(=O)C1CC2CCCCC2N1. The molecule has 1 aliphatic carbocycles. The quantitative estimate of drug-likeness (QED) is 0.774.